The Bertz CT molecular complexity index is 621. The summed E-state index contributed by atoms with van der Waals surface area (Å²) in [6, 6.07) is 9.51. The second-order valence-corrected chi connectivity index (χ2v) is 5.52. The molecule has 0 spiro atoms. The van der Waals surface area contributed by atoms with Gasteiger partial charge in [-0.05, 0) is 48.2 Å². The quantitative estimate of drug-likeness (QED) is 0.896. The first-order chi connectivity index (χ1) is 9.61. The van der Waals surface area contributed by atoms with E-state index in [9.17, 15) is 9.90 Å². The smallest absolute Gasteiger partial charge is 0.310 e. The van der Waals surface area contributed by atoms with Crippen molar-refractivity contribution in [1.29, 1.82) is 0 Å². The van der Waals surface area contributed by atoms with Gasteiger partial charge < -0.3 is 5.11 Å². The largest absolute Gasteiger partial charge is 0.481 e. The van der Waals surface area contributed by atoms with E-state index >= 15 is 0 Å². The van der Waals surface area contributed by atoms with Crippen molar-refractivity contribution < 1.29 is 9.90 Å². The maximum absolute atomic E-state index is 11.6. The number of rotatable bonds is 5. The van der Waals surface area contributed by atoms with Crippen molar-refractivity contribution in [1.82, 2.24) is 20.2 Å². The number of carboxylic acid groups (broad SMARTS) is 1. The van der Waals surface area contributed by atoms with Crippen LogP contribution in [0.1, 0.15) is 25.6 Å². The first-order valence-corrected chi connectivity index (χ1v) is 6.67. The predicted octanol–water partition coefficient (Wildman–Crippen LogP) is 1.71. The average Bonchev–Trinajstić information content (AvgIpc) is 3.21. The molecular formula is C14H16N4O2. The third-order valence-corrected chi connectivity index (χ3v) is 4.03. The minimum Gasteiger partial charge on any atom is -0.481 e. The fourth-order valence-electron chi connectivity index (χ4n) is 2.53. The SMILES string of the molecule is CC(Cc1nnnn1-c1ccccc1)(C(=O)O)C1CC1. The molecule has 3 rings (SSSR count). The first kappa shape index (κ1) is 12.8. The highest BCUT2D eigenvalue weighted by atomic mass is 16.4. The lowest BCUT2D eigenvalue weighted by Gasteiger charge is -2.23. The van der Waals surface area contributed by atoms with Crippen LogP contribution >= 0.6 is 0 Å². The fourth-order valence-corrected chi connectivity index (χ4v) is 2.53. The van der Waals surface area contributed by atoms with Gasteiger partial charge in [-0.1, -0.05) is 18.2 Å². The molecule has 1 heterocycles. The van der Waals surface area contributed by atoms with E-state index in [1.807, 2.05) is 30.3 Å². The van der Waals surface area contributed by atoms with Gasteiger partial charge in [0, 0.05) is 6.42 Å². The molecule has 1 N–H and O–H groups in total. The molecule has 6 heteroatoms. The summed E-state index contributed by atoms with van der Waals surface area (Å²) in [7, 11) is 0. The van der Waals surface area contributed by atoms with Gasteiger partial charge in [0.1, 0.15) is 0 Å². The molecular weight excluding hydrogens is 256 g/mol. The molecule has 6 nitrogen and oxygen atoms in total. The van der Waals surface area contributed by atoms with Gasteiger partial charge in [0.15, 0.2) is 5.82 Å². The molecule has 0 saturated heterocycles. The van der Waals surface area contributed by atoms with Crippen LogP contribution < -0.4 is 0 Å². The van der Waals surface area contributed by atoms with Crippen LogP contribution in [0.15, 0.2) is 30.3 Å². The maximum Gasteiger partial charge on any atom is 0.310 e. The van der Waals surface area contributed by atoms with Gasteiger partial charge in [-0.15, -0.1) is 5.10 Å². The standard InChI is InChI=1S/C14H16N4O2/c1-14(13(19)20,10-7-8-10)9-12-15-16-17-18(12)11-5-3-2-4-6-11/h2-6,10H,7-9H2,1H3,(H,19,20). The van der Waals surface area contributed by atoms with E-state index in [0.29, 0.717) is 12.2 Å². The number of carbonyl (C=O) groups is 1. The summed E-state index contributed by atoms with van der Waals surface area (Å²) < 4.78 is 1.61. The molecule has 20 heavy (non-hydrogen) atoms. The first-order valence-electron chi connectivity index (χ1n) is 6.67. The van der Waals surface area contributed by atoms with E-state index in [-0.39, 0.29) is 5.92 Å². The second-order valence-electron chi connectivity index (χ2n) is 5.52. The minimum atomic E-state index is -0.790. The highest BCUT2D eigenvalue weighted by Gasteiger charge is 2.48. The average molecular weight is 272 g/mol. The molecule has 0 aliphatic heterocycles. The molecule has 0 radical (unpaired) electrons. The van der Waals surface area contributed by atoms with Crippen LogP contribution in [0.4, 0.5) is 0 Å². The number of hydrogen-bond acceptors (Lipinski definition) is 4. The molecule has 1 atom stereocenters. The lowest BCUT2D eigenvalue weighted by atomic mass is 9.81. The summed E-state index contributed by atoms with van der Waals surface area (Å²) in [4.78, 5) is 11.6. The summed E-state index contributed by atoms with van der Waals surface area (Å²) in [5, 5.41) is 21.2. The molecule has 1 aromatic heterocycles. The second kappa shape index (κ2) is 4.70. The van der Waals surface area contributed by atoms with E-state index in [0.717, 1.165) is 18.5 Å². The molecule has 2 aromatic rings. The van der Waals surface area contributed by atoms with Gasteiger partial charge in [-0.25, -0.2) is 0 Å². The Balaban J connectivity index is 1.92. The number of benzene rings is 1. The van der Waals surface area contributed by atoms with E-state index < -0.39 is 11.4 Å². The van der Waals surface area contributed by atoms with Crippen LogP contribution in [0.25, 0.3) is 5.69 Å². The zero-order valence-corrected chi connectivity index (χ0v) is 11.2. The maximum atomic E-state index is 11.6. The molecule has 1 aliphatic rings. The predicted molar refractivity (Wildman–Crippen MR) is 71.3 cm³/mol. The Kier molecular flexibility index (Phi) is 3.00. The zero-order chi connectivity index (χ0) is 14.2. The number of aliphatic carboxylic acids is 1. The van der Waals surface area contributed by atoms with Gasteiger partial charge in [0.05, 0.1) is 11.1 Å². The highest BCUT2D eigenvalue weighted by Crippen LogP contribution is 2.47. The number of aromatic nitrogens is 4. The fraction of sp³-hybridized carbons (Fsp3) is 0.429. The van der Waals surface area contributed by atoms with Crippen molar-refractivity contribution >= 4 is 5.97 Å². The topological polar surface area (TPSA) is 80.9 Å². The summed E-state index contributed by atoms with van der Waals surface area (Å²) in [6.07, 6.45) is 2.28. The van der Waals surface area contributed by atoms with Crippen molar-refractivity contribution in [2.75, 3.05) is 0 Å². The summed E-state index contributed by atoms with van der Waals surface area (Å²) in [5.74, 6) is 0.0385. The minimum absolute atomic E-state index is 0.223. The Morgan fingerprint density at radius 1 is 1.40 bits per heavy atom. The Labute approximate surface area is 116 Å². The summed E-state index contributed by atoms with van der Waals surface area (Å²) >= 11 is 0. The van der Waals surface area contributed by atoms with Crippen molar-refractivity contribution in [3.63, 3.8) is 0 Å². The van der Waals surface area contributed by atoms with Gasteiger partial charge in [0.2, 0.25) is 0 Å². The van der Waals surface area contributed by atoms with Crippen LogP contribution in [0, 0.1) is 11.3 Å². The number of hydrogen-bond donors (Lipinski definition) is 1. The lowest BCUT2D eigenvalue weighted by molar-refractivity contribution is -0.149. The molecule has 0 amide bonds. The third kappa shape index (κ3) is 2.17. The number of tetrazole rings is 1. The Morgan fingerprint density at radius 3 is 2.70 bits per heavy atom. The van der Waals surface area contributed by atoms with Gasteiger partial charge in [-0.2, -0.15) is 4.68 Å². The number of carboxylic acids is 1. The Morgan fingerprint density at radius 2 is 2.10 bits per heavy atom. The van der Waals surface area contributed by atoms with E-state index in [1.54, 1.807) is 11.6 Å². The van der Waals surface area contributed by atoms with Crippen molar-refractivity contribution in [2.45, 2.75) is 26.2 Å². The van der Waals surface area contributed by atoms with Crippen LogP contribution in [-0.4, -0.2) is 31.3 Å². The molecule has 104 valence electrons. The molecule has 1 aromatic carbocycles. The normalized spacial score (nSPS) is 17.6. The molecule has 1 unspecified atom stereocenters. The van der Waals surface area contributed by atoms with E-state index in [1.165, 1.54) is 0 Å². The molecule has 0 bridgehead atoms. The molecule has 1 fully saturated rings. The van der Waals surface area contributed by atoms with Crippen LogP contribution in [0.3, 0.4) is 0 Å². The van der Waals surface area contributed by atoms with Gasteiger partial charge in [-0.3, -0.25) is 4.79 Å². The van der Waals surface area contributed by atoms with E-state index in [2.05, 4.69) is 15.5 Å². The van der Waals surface area contributed by atoms with Gasteiger partial charge in [0.25, 0.3) is 0 Å². The van der Waals surface area contributed by atoms with Gasteiger partial charge >= 0.3 is 5.97 Å². The van der Waals surface area contributed by atoms with Crippen molar-refractivity contribution in [3.8, 4) is 5.69 Å². The highest BCUT2D eigenvalue weighted by molar-refractivity contribution is 5.75. The van der Waals surface area contributed by atoms with Crippen molar-refractivity contribution in [2.24, 2.45) is 11.3 Å². The molecule has 1 aliphatic carbocycles. The Hall–Kier alpha value is -2.24. The zero-order valence-electron chi connectivity index (χ0n) is 11.2. The monoisotopic (exact) mass is 272 g/mol. The summed E-state index contributed by atoms with van der Waals surface area (Å²) in [6.45, 7) is 1.79. The van der Waals surface area contributed by atoms with Crippen LogP contribution in [0.2, 0.25) is 0 Å². The lowest BCUT2D eigenvalue weighted by Crippen LogP contribution is -2.33. The van der Waals surface area contributed by atoms with Crippen LogP contribution in [0.5, 0.6) is 0 Å². The van der Waals surface area contributed by atoms with Crippen LogP contribution in [-0.2, 0) is 11.2 Å². The number of para-hydroxylation sites is 1. The number of nitrogens with zero attached hydrogens (tertiary/aromatic N) is 4. The third-order valence-electron chi connectivity index (χ3n) is 4.03. The van der Waals surface area contributed by atoms with E-state index in [4.69, 9.17) is 0 Å². The molecule has 1 saturated carbocycles. The summed E-state index contributed by atoms with van der Waals surface area (Å²) in [5.41, 5.74) is 0.0531. The van der Waals surface area contributed by atoms with Crippen molar-refractivity contribution in [3.05, 3.63) is 36.2 Å².